The minimum atomic E-state index is -0.891. The van der Waals surface area contributed by atoms with Gasteiger partial charge in [0.25, 0.3) is 0 Å². The molecule has 4 rings (SSSR count). The summed E-state index contributed by atoms with van der Waals surface area (Å²) in [4.78, 5) is 52.7. The van der Waals surface area contributed by atoms with Gasteiger partial charge in [-0.2, -0.15) is 0 Å². The fourth-order valence-electron chi connectivity index (χ4n) is 3.60. The molecule has 2 aliphatic rings. The number of para-hydroxylation sites is 3. The Morgan fingerprint density at radius 3 is 2.50 bits per heavy atom. The third-order valence-electron chi connectivity index (χ3n) is 5.05. The first-order chi connectivity index (χ1) is 14.5. The van der Waals surface area contributed by atoms with Crippen molar-refractivity contribution in [3.8, 4) is 0 Å². The van der Waals surface area contributed by atoms with E-state index in [4.69, 9.17) is 0 Å². The Balaban J connectivity index is 1.56. The summed E-state index contributed by atoms with van der Waals surface area (Å²) in [5.41, 5.74) is 1.80. The summed E-state index contributed by atoms with van der Waals surface area (Å²) in [7, 11) is 0. The van der Waals surface area contributed by atoms with Gasteiger partial charge in [0.15, 0.2) is 0 Å². The Morgan fingerprint density at radius 1 is 1.03 bits per heavy atom. The number of nitrogens with one attached hydrogen (secondary N) is 3. The molecule has 1 unspecified atom stereocenters. The van der Waals surface area contributed by atoms with Gasteiger partial charge in [0, 0.05) is 18.8 Å². The number of carbonyl (C=O) groups excluding carboxylic acids is 4. The van der Waals surface area contributed by atoms with E-state index in [2.05, 4.69) is 16.0 Å². The summed E-state index contributed by atoms with van der Waals surface area (Å²) in [6.45, 7) is 0.476. The van der Waals surface area contributed by atoms with Crippen molar-refractivity contribution in [2.45, 2.75) is 12.5 Å². The highest BCUT2D eigenvalue weighted by molar-refractivity contribution is 6.08. The van der Waals surface area contributed by atoms with E-state index in [-0.39, 0.29) is 31.3 Å². The molecule has 1 fully saturated rings. The van der Waals surface area contributed by atoms with Crippen molar-refractivity contribution in [1.29, 1.82) is 0 Å². The molecule has 0 bridgehead atoms. The van der Waals surface area contributed by atoms with Crippen molar-refractivity contribution < 1.29 is 19.2 Å². The summed E-state index contributed by atoms with van der Waals surface area (Å²) in [6.07, 6.45) is -0.144. The van der Waals surface area contributed by atoms with Gasteiger partial charge in [0.1, 0.15) is 6.04 Å². The van der Waals surface area contributed by atoms with Crippen molar-refractivity contribution >= 4 is 40.8 Å². The van der Waals surface area contributed by atoms with Crippen LogP contribution >= 0.6 is 0 Å². The zero-order valence-electron chi connectivity index (χ0n) is 16.1. The maximum Gasteiger partial charge on any atom is 0.324 e. The molecule has 9 heteroatoms. The lowest BCUT2D eigenvalue weighted by Crippen LogP contribution is -2.53. The Hall–Kier alpha value is -3.88. The van der Waals surface area contributed by atoms with Crippen LogP contribution in [0.25, 0.3) is 0 Å². The fourth-order valence-corrected chi connectivity index (χ4v) is 3.60. The molecule has 0 aromatic heterocycles. The molecule has 1 saturated heterocycles. The van der Waals surface area contributed by atoms with Gasteiger partial charge in [-0.1, -0.05) is 30.3 Å². The van der Waals surface area contributed by atoms with E-state index in [0.717, 1.165) is 4.90 Å². The van der Waals surface area contributed by atoms with Crippen LogP contribution < -0.4 is 20.9 Å². The monoisotopic (exact) mass is 407 g/mol. The van der Waals surface area contributed by atoms with E-state index in [1.807, 2.05) is 6.07 Å². The second-order valence-electron chi connectivity index (χ2n) is 7.05. The molecule has 0 spiro atoms. The molecule has 1 atom stereocenters. The van der Waals surface area contributed by atoms with Gasteiger partial charge in [-0.15, -0.1) is 0 Å². The summed E-state index contributed by atoms with van der Waals surface area (Å²) in [6, 6.07) is 14.7. The first kappa shape index (κ1) is 19.4. The number of hydrogen-bond acceptors (Lipinski definition) is 5. The molecule has 2 aromatic carbocycles. The summed E-state index contributed by atoms with van der Waals surface area (Å²) >= 11 is 0. The molecule has 2 aliphatic heterocycles. The first-order valence-electron chi connectivity index (χ1n) is 9.62. The van der Waals surface area contributed by atoms with Crippen LogP contribution in [0.1, 0.15) is 6.42 Å². The topological polar surface area (TPSA) is 111 Å². The molecule has 9 nitrogen and oxygen atoms in total. The number of imide groups is 1. The number of fused-ring (bicyclic) bond motifs is 1. The molecule has 30 heavy (non-hydrogen) atoms. The zero-order chi connectivity index (χ0) is 21.1. The smallest absolute Gasteiger partial charge is 0.324 e. The molecule has 0 radical (unpaired) electrons. The standard InChI is InChI=1S/C21H21N5O4/c27-18(23-14-6-2-1-3-7-14)12-17-20(29)24-15-8-4-5-9-16(15)26(17)13-19(28)25-11-10-22-21(25)30/h1-9,17H,10-13H2,(H,22,30)(H,23,27)(H,24,29). The molecule has 3 N–H and O–H groups in total. The van der Waals surface area contributed by atoms with Crippen molar-refractivity contribution in [3.05, 3.63) is 54.6 Å². The predicted octanol–water partition coefficient (Wildman–Crippen LogP) is 1.39. The van der Waals surface area contributed by atoms with E-state index in [1.165, 1.54) is 0 Å². The number of urea groups is 1. The Morgan fingerprint density at radius 2 is 1.77 bits per heavy atom. The summed E-state index contributed by atoms with van der Waals surface area (Å²) in [5, 5.41) is 8.15. The lowest BCUT2D eigenvalue weighted by Gasteiger charge is -2.37. The Labute approximate surface area is 173 Å². The van der Waals surface area contributed by atoms with Crippen molar-refractivity contribution in [2.24, 2.45) is 0 Å². The van der Waals surface area contributed by atoms with Gasteiger partial charge in [-0.05, 0) is 24.3 Å². The SMILES string of the molecule is O=C(CC1C(=O)Nc2ccccc2N1CC(=O)N1CCNC1=O)Nc1ccccc1. The van der Waals surface area contributed by atoms with Crippen LogP contribution in [0.15, 0.2) is 54.6 Å². The van der Waals surface area contributed by atoms with Crippen LogP contribution in [-0.4, -0.2) is 54.3 Å². The molecule has 2 heterocycles. The lowest BCUT2D eigenvalue weighted by atomic mass is 10.0. The van der Waals surface area contributed by atoms with Crippen LogP contribution in [0.4, 0.5) is 21.9 Å². The number of benzene rings is 2. The maximum absolute atomic E-state index is 12.8. The molecular weight excluding hydrogens is 386 g/mol. The van der Waals surface area contributed by atoms with Crippen molar-refractivity contribution in [3.63, 3.8) is 0 Å². The number of amides is 5. The number of nitrogens with zero attached hydrogens (tertiary/aromatic N) is 2. The minimum Gasteiger partial charge on any atom is -0.348 e. The van der Waals surface area contributed by atoms with E-state index in [9.17, 15) is 19.2 Å². The van der Waals surface area contributed by atoms with Gasteiger partial charge in [-0.3, -0.25) is 19.3 Å². The van der Waals surface area contributed by atoms with Crippen LogP contribution in [0.3, 0.4) is 0 Å². The van der Waals surface area contributed by atoms with E-state index >= 15 is 0 Å². The highest BCUT2D eigenvalue weighted by Crippen LogP contribution is 2.33. The van der Waals surface area contributed by atoms with Gasteiger partial charge in [-0.25, -0.2) is 4.79 Å². The quantitative estimate of drug-likeness (QED) is 0.694. The average Bonchev–Trinajstić information content (AvgIpc) is 3.17. The molecule has 0 aliphatic carbocycles. The second-order valence-corrected chi connectivity index (χ2v) is 7.05. The molecule has 2 aromatic rings. The lowest BCUT2D eigenvalue weighted by molar-refractivity contribution is -0.127. The van der Waals surface area contributed by atoms with Crippen molar-refractivity contribution in [2.75, 3.05) is 35.2 Å². The highest BCUT2D eigenvalue weighted by Gasteiger charge is 2.37. The Kier molecular flexibility index (Phi) is 5.34. The van der Waals surface area contributed by atoms with Crippen LogP contribution in [-0.2, 0) is 14.4 Å². The molecule has 154 valence electrons. The normalized spacial score (nSPS) is 17.8. The number of carbonyl (C=O) groups is 4. The largest absolute Gasteiger partial charge is 0.348 e. The van der Waals surface area contributed by atoms with Crippen molar-refractivity contribution in [1.82, 2.24) is 10.2 Å². The van der Waals surface area contributed by atoms with Gasteiger partial charge >= 0.3 is 6.03 Å². The molecule has 0 saturated carbocycles. The predicted molar refractivity (Wildman–Crippen MR) is 111 cm³/mol. The van der Waals surface area contributed by atoms with E-state index in [0.29, 0.717) is 23.6 Å². The highest BCUT2D eigenvalue weighted by atomic mass is 16.2. The number of hydrogen-bond donors (Lipinski definition) is 3. The van der Waals surface area contributed by atoms with E-state index in [1.54, 1.807) is 53.4 Å². The average molecular weight is 407 g/mol. The summed E-state index contributed by atoms with van der Waals surface area (Å²) < 4.78 is 0. The fraction of sp³-hybridized carbons (Fsp3) is 0.238. The zero-order valence-corrected chi connectivity index (χ0v) is 16.1. The van der Waals surface area contributed by atoms with Crippen LogP contribution in [0, 0.1) is 0 Å². The maximum atomic E-state index is 12.8. The Bertz CT molecular complexity index is 994. The van der Waals surface area contributed by atoms with Gasteiger partial charge in [0.05, 0.1) is 24.3 Å². The van der Waals surface area contributed by atoms with E-state index < -0.39 is 18.0 Å². The number of anilines is 3. The third-order valence-corrected chi connectivity index (χ3v) is 5.05. The molecular formula is C21H21N5O4. The van der Waals surface area contributed by atoms with Gasteiger partial charge < -0.3 is 20.9 Å². The van der Waals surface area contributed by atoms with Gasteiger partial charge in [0.2, 0.25) is 17.7 Å². The second kappa shape index (κ2) is 8.24. The van der Waals surface area contributed by atoms with Crippen LogP contribution in [0.2, 0.25) is 0 Å². The van der Waals surface area contributed by atoms with Crippen LogP contribution in [0.5, 0.6) is 0 Å². The number of rotatable bonds is 5. The minimum absolute atomic E-state index is 0.144. The molecule has 5 amide bonds. The summed E-state index contributed by atoms with van der Waals surface area (Å²) in [5.74, 6) is -1.16. The first-order valence-corrected chi connectivity index (χ1v) is 9.62. The third kappa shape index (κ3) is 3.95.